The van der Waals surface area contributed by atoms with Crippen LogP contribution in [0.15, 0.2) is 34.9 Å². The SMILES string of the molecule is Brc1ccc2c(I)ccnc2c1. The lowest BCUT2D eigenvalue weighted by atomic mass is 10.2. The van der Waals surface area contributed by atoms with Gasteiger partial charge in [0.05, 0.1) is 5.52 Å². The standard InChI is InChI=1S/C9H5BrIN/c10-6-1-2-7-8(11)3-4-12-9(7)5-6/h1-5H. The number of nitrogens with zero attached hydrogens (tertiary/aromatic N) is 1. The summed E-state index contributed by atoms with van der Waals surface area (Å²) in [6.07, 6.45) is 1.83. The molecular weight excluding hydrogens is 329 g/mol. The van der Waals surface area contributed by atoms with Crippen LogP contribution in [0.5, 0.6) is 0 Å². The Labute approximate surface area is 92.5 Å². The van der Waals surface area contributed by atoms with Crippen molar-refractivity contribution >= 4 is 49.4 Å². The molecule has 0 N–H and O–H groups in total. The van der Waals surface area contributed by atoms with E-state index in [4.69, 9.17) is 0 Å². The molecule has 0 spiro atoms. The zero-order valence-corrected chi connectivity index (χ0v) is 9.83. The first-order chi connectivity index (χ1) is 5.77. The van der Waals surface area contributed by atoms with Crippen LogP contribution in [-0.4, -0.2) is 4.98 Å². The topological polar surface area (TPSA) is 12.9 Å². The van der Waals surface area contributed by atoms with Crippen LogP contribution in [0.2, 0.25) is 0 Å². The third kappa shape index (κ3) is 1.47. The van der Waals surface area contributed by atoms with E-state index in [-0.39, 0.29) is 0 Å². The molecule has 0 unspecified atom stereocenters. The number of aromatic nitrogens is 1. The van der Waals surface area contributed by atoms with Crippen LogP contribution in [-0.2, 0) is 0 Å². The van der Waals surface area contributed by atoms with Gasteiger partial charge in [-0.25, -0.2) is 0 Å². The Morgan fingerprint density at radius 3 is 2.92 bits per heavy atom. The van der Waals surface area contributed by atoms with Crippen molar-refractivity contribution in [3.63, 3.8) is 0 Å². The predicted octanol–water partition coefficient (Wildman–Crippen LogP) is 3.60. The second-order valence-corrected chi connectivity index (χ2v) is 4.53. The minimum Gasteiger partial charge on any atom is -0.256 e. The summed E-state index contributed by atoms with van der Waals surface area (Å²) in [5.41, 5.74) is 1.04. The van der Waals surface area contributed by atoms with Gasteiger partial charge in [0.15, 0.2) is 0 Å². The van der Waals surface area contributed by atoms with Crippen molar-refractivity contribution in [3.8, 4) is 0 Å². The maximum Gasteiger partial charge on any atom is 0.0723 e. The molecule has 2 rings (SSSR count). The fraction of sp³-hybridized carbons (Fsp3) is 0. The Kier molecular flexibility index (Phi) is 2.32. The first-order valence-electron chi connectivity index (χ1n) is 3.47. The molecular formula is C9H5BrIN. The summed E-state index contributed by atoms with van der Waals surface area (Å²) in [5, 5.41) is 1.21. The van der Waals surface area contributed by atoms with Gasteiger partial charge in [0.25, 0.3) is 0 Å². The van der Waals surface area contributed by atoms with E-state index < -0.39 is 0 Å². The maximum atomic E-state index is 4.27. The van der Waals surface area contributed by atoms with Gasteiger partial charge in [0.2, 0.25) is 0 Å². The zero-order chi connectivity index (χ0) is 8.55. The van der Waals surface area contributed by atoms with Crippen LogP contribution in [0.1, 0.15) is 0 Å². The average Bonchev–Trinajstić information content (AvgIpc) is 2.04. The molecule has 1 nitrogen and oxygen atoms in total. The summed E-state index contributed by atoms with van der Waals surface area (Å²) < 4.78 is 2.31. The molecule has 2 aromatic rings. The van der Waals surface area contributed by atoms with E-state index in [2.05, 4.69) is 49.6 Å². The van der Waals surface area contributed by atoms with E-state index in [1.807, 2.05) is 24.4 Å². The lowest BCUT2D eigenvalue weighted by molar-refractivity contribution is 1.40. The summed E-state index contributed by atoms with van der Waals surface area (Å²) in [5.74, 6) is 0. The second-order valence-electron chi connectivity index (χ2n) is 2.45. The van der Waals surface area contributed by atoms with Gasteiger partial charge in [-0.15, -0.1) is 0 Å². The Hall–Kier alpha value is -0.160. The van der Waals surface area contributed by atoms with E-state index >= 15 is 0 Å². The fourth-order valence-electron chi connectivity index (χ4n) is 1.09. The van der Waals surface area contributed by atoms with E-state index in [0.29, 0.717) is 0 Å². The van der Waals surface area contributed by atoms with Crippen LogP contribution >= 0.6 is 38.5 Å². The first kappa shape index (κ1) is 8.44. The number of fused-ring (bicyclic) bond motifs is 1. The minimum absolute atomic E-state index is 1.04. The molecule has 0 saturated heterocycles. The van der Waals surface area contributed by atoms with Crippen LogP contribution in [0.25, 0.3) is 10.9 Å². The Balaban J connectivity index is 2.86. The van der Waals surface area contributed by atoms with Crippen molar-refractivity contribution < 1.29 is 0 Å². The quantitative estimate of drug-likeness (QED) is 0.671. The summed E-state index contributed by atoms with van der Waals surface area (Å²) in [6, 6.07) is 8.15. The molecule has 3 heteroatoms. The van der Waals surface area contributed by atoms with Gasteiger partial charge >= 0.3 is 0 Å². The molecule has 0 amide bonds. The van der Waals surface area contributed by atoms with E-state index in [9.17, 15) is 0 Å². The number of hydrogen-bond donors (Lipinski definition) is 0. The molecule has 1 aromatic heterocycles. The predicted molar refractivity (Wildman–Crippen MR) is 62.2 cm³/mol. The average molecular weight is 334 g/mol. The van der Waals surface area contributed by atoms with Gasteiger partial charge in [-0.1, -0.05) is 22.0 Å². The van der Waals surface area contributed by atoms with Crippen LogP contribution in [0.3, 0.4) is 0 Å². The highest BCUT2D eigenvalue weighted by atomic mass is 127. The van der Waals surface area contributed by atoms with Crippen molar-refractivity contribution in [2.45, 2.75) is 0 Å². The van der Waals surface area contributed by atoms with Gasteiger partial charge in [-0.2, -0.15) is 0 Å². The van der Waals surface area contributed by atoms with E-state index in [1.54, 1.807) is 0 Å². The molecule has 0 aliphatic carbocycles. The lowest BCUT2D eigenvalue weighted by Gasteiger charge is -1.98. The summed E-state index contributed by atoms with van der Waals surface area (Å²) in [4.78, 5) is 4.27. The second kappa shape index (κ2) is 3.30. The maximum absolute atomic E-state index is 4.27. The molecule has 0 bridgehead atoms. The summed E-state index contributed by atoms with van der Waals surface area (Å²) >= 11 is 5.73. The van der Waals surface area contributed by atoms with Crippen molar-refractivity contribution in [2.24, 2.45) is 0 Å². The van der Waals surface area contributed by atoms with Crippen molar-refractivity contribution in [3.05, 3.63) is 38.5 Å². The Morgan fingerprint density at radius 2 is 2.08 bits per heavy atom. The van der Waals surface area contributed by atoms with Gasteiger partial charge < -0.3 is 0 Å². The van der Waals surface area contributed by atoms with Gasteiger partial charge in [0, 0.05) is 19.6 Å². The minimum atomic E-state index is 1.04. The van der Waals surface area contributed by atoms with Crippen LogP contribution in [0, 0.1) is 3.57 Å². The molecule has 60 valence electrons. The largest absolute Gasteiger partial charge is 0.256 e. The number of hydrogen-bond acceptors (Lipinski definition) is 1. The highest BCUT2D eigenvalue weighted by molar-refractivity contribution is 14.1. The summed E-state index contributed by atoms with van der Waals surface area (Å²) in [7, 11) is 0. The Morgan fingerprint density at radius 1 is 1.25 bits per heavy atom. The van der Waals surface area contributed by atoms with Crippen LogP contribution in [0.4, 0.5) is 0 Å². The molecule has 1 aromatic carbocycles. The molecule has 0 aliphatic heterocycles. The van der Waals surface area contributed by atoms with Crippen molar-refractivity contribution in [1.82, 2.24) is 4.98 Å². The lowest BCUT2D eigenvalue weighted by Crippen LogP contribution is -1.80. The summed E-state index contributed by atoms with van der Waals surface area (Å²) in [6.45, 7) is 0. The molecule has 0 fully saturated rings. The smallest absolute Gasteiger partial charge is 0.0723 e. The highest BCUT2D eigenvalue weighted by Crippen LogP contribution is 2.21. The third-order valence-corrected chi connectivity index (χ3v) is 3.09. The molecule has 12 heavy (non-hydrogen) atoms. The number of pyridine rings is 1. The van der Waals surface area contributed by atoms with Gasteiger partial charge in [-0.3, -0.25) is 4.98 Å². The van der Waals surface area contributed by atoms with E-state index in [0.717, 1.165) is 9.99 Å². The van der Waals surface area contributed by atoms with Crippen molar-refractivity contribution in [1.29, 1.82) is 0 Å². The van der Waals surface area contributed by atoms with Gasteiger partial charge in [0.1, 0.15) is 0 Å². The molecule has 0 atom stereocenters. The third-order valence-electron chi connectivity index (χ3n) is 1.65. The highest BCUT2D eigenvalue weighted by Gasteiger charge is 1.98. The molecule has 1 heterocycles. The molecule has 0 aliphatic rings. The van der Waals surface area contributed by atoms with E-state index in [1.165, 1.54) is 8.96 Å². The van der Waals surface area contributed by atoms with Gasteiger partial charge in [-0.05, 0) is 40.8 Å². The molecule has 0 saturated carbocycles. The fourth-order valence-corrected chi connectivity index (χ4v) is 2.05. The van der Waals surface area contributed by atoms with Crippen LogP contribution < -0.4 is 0 Å². The first-order valence-corrected chi connectivity index (χ1v) is 5.34. The van der Waals surface area contributed by atoms with Crippen molar-refractivity contribution in [2.75, 3.05) is 0 Å². The monoisotopic (exact) mass is 333 g/mol. The number of benzene rings is 1. The number of rotatable bonds is 0. The Bertz CT molecular complexity index is 428. The normalized spacial score (nSPS) is 10.5. The number of halogens is 2. The zero-order valence-electron chi connectivity index (χ0n) is 6.09. The molecule has 0 radical (unpaired) electrons.